The van der Waals surface area contributed by atoms with Crippen LogP contribution in [0.4, 0.5) is 0 Å². The van der Waals surface area contributed by atoms with Crippen molar-refractivity contribution in [1.29, 1.82) is 0 Å². The van der Waals surface area contributed by atoms with Gasteiger partial charge in [0, 0.05) is 38.3 Å². The van der Waals surface area contributed by atoms with E-state index in [4.69, 9.17) is 21.5 Å². The van der Waals surface area contributed by atoms with Gasteiger partial charge in [-0.15, -0.1) is 0 Å². The zero-order valence-corrected chi connectivity index (χ0v) is 12.2. The van der Waals surface area contributed by atoms with E-state index in [1.807, 2.05) is 0 Å². The summed E-state index contributed by atoms with van der Waals surface area (Å²) in [5.74, 6) is 0.0680. The molecule has 0 radical (unpaired) electrons. The van der Waals surface area contributed by atoms with Crippen molar-refractivity contribution in [1.82, 2.24) is 8.61 Å². The first-order valence-corrected chi connectivity index (χ1v) is 8.33. The van der Waals surface area contributed by atoms with E-state index in [0.717, 1.165) is 0 Å². The molecule has 8 nitrogen and oxygen atoms in total. The van der Waals surface area contributed by atoms with Crippen LogP contribution in [0.5, 0.6) is 0 Å². The van der Waals surface area contributed by atoms with Crippen molar-refractivity contribution >= 4 is 17.3 Å². The van der Waals surface area contributed by atoms with Crippen LogP contribution >= 0.6 is 0 Å². The normalized spacial score (nSPS) is 29.6. The Balaban J connectivity index is 1.86. The predicted octanol–water partition coefficient (Wildman–Crippen LogP) is -2.61. The standard InChI is InChI=1S/C10H23BN4O4S/c12-9-5-15(6-9)20(18,19)14-4-8(10(13)7-14)2-1-3-11(16)17/h8-10,16-17H,1-7,12-13H2/t8-,10-/m1/s1. The molecule has 0 unspecified atom stereocenters. The average molecular weight is 306 g/mol. The number of nitrogens with zero attached hydrogens (tertiary/aromatic N) is 2. The molecule has 0 aromatic carbocycles. The molecule has 0 bridgehead atoms. The molecule has 2 aliphatic rings. The Kier molecular flexibility index (Phi) is 5.06. The van der Waals surface area contributed by atoms with Crippen molar-refractivity contribution in [3.05, 3.63) is 0 Å². The van der Waals surface area contributed by atoms with Gasteiger partial charge in [0.2, 0.25) is 0 Å². The van der Waals surface area contributed by atoms with E-state index in [-0.39, 0.29) is 24.3 Å². The van der Waals surface area contributed by atoms with Crippen LogP contribution in [-0.2, 0) is 10.2 Å². The summed E-state index contributed by atoms with van der Waals surface area (Å²) < 4.78 is 27.4. The molecular weight excluding hydrogens is 283 g/mol. The van der Waals surface area contributed by atoms with Gasteiger partial charge in [0.1, 0.15) is 0 Å². The smallest absolute Gasteiger partial charge is 0.427 e. The predicted molar refractivity (Wildman–Crippen MR) is 75.7 cm³/mol. The van der Waals surface area contributed by atoms with Crippen LogP contribution in [0.3, 0.4) is 0 Å². The summed E-state index contributed by atoms with van der Waals surface area (Å²) in [5, 5.41) is 17.6. The lowest BCUT2D eigenvalue weighted by atomic mass is 9.82. The highest BCUT2D eigenvalue weighted by Crippen LogP contribution is 2.26. The Morgan fingerprint density at radius 3 is 2.25 bits per heavy atom. The van der Waals surface area contributed by atoms with E-state index in [1.54, 1.807) is 0 Å². The van der Waals surface area contributed by atoms with Gasteiger partial charge >= 0.3 is 7.12 Å². The van der Waals surface area contributed by atoms with Gasteiger partial charge in [-0.25, -0.2) is 0 Å². The fraction of sp³-hybridized carbons (Fsp3) is 1.00. The fourth-order valence-corrected chi connectivity index (χ4v) is 4.56. The van der Waals surface area contributed by atoms with Gasteiger partial charge in [0.05, 0.1) is 0 Å². The number of hydrogen-bond acceptors (Lipinski definition) is 6. The first-order valence-electron chi connectivity index (χ1n) is 6.93. The van der Waals surface area contributed by atoms with Crippen LogP contribution in [0.25, 0.3) is 0 Å². The monoisotopic (exact) mass is 306 g/mol. The van der Waals surface area contributed by atoms with Crippen LogP contribution < -0.4 is 11.5 Å². The summed E-state index contributed by atoms with van der Waals surface area (Å²) in [6.07, 6.45) is 1.61. The van der Waals surface area contributed by atoms with Gasteiger partial charge in [-0.05, 0) is 18.7 Å². The zero-order chi connectivity index (χ0) is 14.9. The summed E-state index contributed by atoms with van der Waals surface area (Å²) in [7, 11) is -4.74. The summed E-state index contributed by atoms with van der Waals surface area (Å²) in [6, 6.07) is -0.265. The van der Waals surface area contributed by atoms with Crippen molar-refractivity contribution in [2.75, 3.05) is 26.2 Å². The van der Waals surface area contributed by atoms with Crippen LogP contribution in [-0.4, -0.2) is 72.5 Å². The Hall–Kier alpha value is -0.225. The molecule has 6 N–H and O–H groups in total. The van der Waals surface area contributed by atoms with Crippen LogP contribution in [0.1, 0.15) is 12.8 Å². The summed E-state index contributed by atoms with van der Waals surface area (Å²) in [6.45, 7) is 1.46. The minimum atomic E-state index is -3.43. The molecule has 10 heteroatoms. The molecule has 0 aromatic rings. The van der Waals surface area contributed by atoms with Crippen LogP contribution in [0.2, 0.25) is 6.32 Å². The highest BCUT2D eigenvalue weighted by atomic mass is 32.2. The van der Waals surface area contributed by atoms with Crippen molar-refractivity contribution < 1.29 is 18.5 Å². The molecule has 0 aromatic heterocycles. The lowest BCUT2D eigenvalue weighted by molar-refractivity contribution is 0.244. The highest BCUT2D eigenvalue weighted by Gasteiger charge is 2.43. The molecule has 2 atom stereocenters. The van der Waals surface area contributed by atoms with Gasteiger partial charge in [-0.3, -0.25) is 0 Å². The van der Waals surface area contributed by atoms with E-state index >= 15 is 0 Å². The maximum atomic E-state index is 12.3. The molecule has 2 heterocycles. The second-order valence-corrected chi connectivity index (χ2v) is 7.67. The zero-order valence-electron chi connectivity index (χ0n) is 11.4. The van der Waals surface area contributed by atoms with Crippen molar-refractivity contribution in [3.63, 3.8) is 0 Å². The first kappa shape index (κ1) is 16.2. The third kappa shape index (κ3) is 3.51. The molecule has 20 heavy (non-hydrogen) atoms. The highest BCUT2D eigenvalue weighted by molar-refractivity contribution is 7.86. The van der Waals surface area contributed by atoms with Gasteiger partial charge in [-0.2, -0.15) is 17.0 Å². The lowest BCUT2D eigenvalue weighted by Crippen LogP contribution is -2.60. The quantitative estimate of drug-likeness (QED) is 0.397. The van der Waals surface area contributed by atoms with E-state index in [9.17, 15) is 8.42 Å². The summed E-state index contributed by atoms with van der Waals surface area (Å²) in [5.41, 5.74) is 11.6. The van der Waals surface area contributed by atoms with Gasteiger partial charge < -0.3 is 21.5 Å². The van der Waals surface area contributed by atoms with Crippen LogP contribution in [0, 0.1) is 5.92 Å². The van der Waals surface area contributed by atoms with E-state index in [1.165, 1.54) is 8.61 Å². The molecular formula is C10H23BN4O4S. The Morgan fingerprint density at radius 1 is 1.10 bits per heavy atom. The topological polar surface area (TPSA) is 133 Å². The van der Waals surface area contributed by atoms with Gasteiger partial charge in [-0.1, -0.05) is 6.42 Å². The molecule has 2 aliphatic heterocycles. The molecule has 0 saturated carbocycles. The largest absolute Gasteiger partial charge is 0.451 e. The number of nitrogens with two attached hydrogens (primary N) is 2. The second-order valence-electron chi connectivity index (χ2n) is 5.74. The van der Waals surface area contributed by atoms with Gasteiger partial charge in [0.15, 0.2) is 0 Å². The fourth-order valence-electron chi connectivity index (χ4n) is 2.73. The molecule has 2 fully saturated rings. The van der Waals surface area contributed by atoms with Gasteiger partial charge in [0.25, 0.3) is 10.2 Å². The van der Waals surface area contributed by atoms with Crippen molar-refractivity contribution in [2.24, 2.45) is 17.4 Å². The molecule has 0 aliphatic carbocycles. The first-order chi connectivity index (χ1) is 9.30. The number of hydrogen-bond donors (Lipinski definition) is 4. The Labute approximate surface area is 120 Å². The minimum Gasteiger partial charge on any atom is -0.427 e. The second kappa shape index (κ2) is 6.26. The number of rotatable bonds is 6. The Bertz CT molecular complexity index is 429. The summed E-state index contributed by atoms with van der Waals surface area (Å²) in [4.78, 5) is 0. The molecule has 0 amide bonds. The van der Waals surface area contributed by atoms with E-state index < -0.39 is 17.3 Å². The molecule has 2 saturated heterocycles. The third-order valence-corrected chi connectivity index (χ3v) is 5.93. The van der Waals surface area contributed by atoms with Crippen molar-refractivity contribution in [3.8, 4) is 0 Å². The minimum absolute atomic E-state index is 0.0668. The Morgan fingerprint density at radius 2 is 1.70 bits per heavy atom. The molecule has 116 valence electrons. The molecule has 0 spiro atoms. The SMILES string of the molecule is NC1CN(S(=O)(=O)N2C[C@@H](CCCB(O)O)[C@H](N)C2)C1. The third-order valence-electron chi connectivity index (χ3n) is 4.02. The summed E-state index contributed by atoms with van der Waals surface area (Å²) >= 11 is 0. The average Bonchev–Trinajstić information content (AvgIpc) is 2.67. The van der Waals surface area contributed by atoms with E-state index in [0.29, 0.717) is 39.0 Å². The molecule has 2 rings (SSSR count). The van der Waals surface area contributed by atoms with Crippen LogP contribution in [0.15, 0.2) is 0 Å². The maximum absolute atomic E-state index is 12.3. The van der Waals surface area contributed by atoms with E-state index in [2.05, 4.69) is 0 Å². The lowest BCUT2D eigenvalue weighted by Gasteiger charge is -2.37. The maximum Gasteiger partial charge on any atom is 0.451 e. The van der Waals surface area contributed by atoms with Crippen molar-refractivity contribution in [2.45, 2.75) is 31.2 Å².